The van der Waals surface area contributed by atoms with Crippen molar-refractivity contribution in [3.05, 3.63) is 53.4 Å². The standard InChI is InChI=1S/C15H12N2O3/c1-9-4-3-5-10-8-12(20-15(9)10)14(18)11-6-7-13(19-2)17-16-11/h3-8H,1-2H3. The summed E-state index contributed by atoms with van der Waals surface area (Å²) in [6, 6.07) is 10.6. The molecule has 5 nitrogen and oxygen atoms in total. The summed E-state index contributed by atoms with van der Waals surface area (Å²) < 4.78 is 10.5. The molecule has 0 atom stereocenters. The molecule has 3 aromatic rings. The van der Waals surface area contributed by atoms with E-state index in [0.29, 0.717) is 5.88 Å². The van der Waals surface area contributed by atoms with Crippen LogP contribution in [0.4, 0.5) is 0 Å². The van der Waals surface area contributed by atoms with Crippen molar-refractivity contribution in [1.82, 2.24) is 10.2 Å². The number of furan rings is 1. The monoisotopic (exact) mass is 268 g/mol. The molecule has 0 bridgehead atoms. The summed E-state index contributed by atoms with van der Waals surface area (Å²) in [5, 5.41) is 8.51. The maximum atomic E-state index is 12.3. The lowest BCUT2D eigenvalue weighted by molar-refractivity contribution is 0.100. The zero-order valence-electron chi connectivity index (χ0n) is 11.1. The SMILES string of the molecule is COc1ccc(C(=O)c2cc3cccc(C)c3o2)nn1. The van der Waals surface area contributed by atoms with Crippen LogP contribution in [-0.4, -0.2) is 23.1 Å². The zero-order chi connectivity index (χ0) is 14.1. The van der Waals surface area contributed by atoms with Crippen molar-refractivity contribution < 1.29 is 13.9 Å². The first-order valence-corrected chi connectivity index (χ1v) is 6.10. The van der Waals surface area contributed by atoms with Crippen LogP contribution >= 0.6 is 0 Å². The van der Waals surface area contributed by atoms with Gasteiger partial charge in [-0.1, -0.05) is 18.2 Å². The number of carbonyl (C=O) groups is 1. The molecule has 0 unspecified atom stereocenters. The molecule has 0 saturated heterocycles. The van der Waals surface area contributed by atoms with Gasteiger partial charge in [-0.15, -0.1) is 10.2 Å². The molecule has 0 aliphatic carbocycles. The van der Waals surface area contributed by atoms with Gasteiger partial charge in [0.1, 0.15) is 11.3 Å². The number of para-hydroxylation sites is 1. The average Bonchev–Trinajstić information content (AvgIpc) is 2.92. The molecule has 2 heterocycles. The Hall–Kier alpha value is -2.69. The van der Waals surface area contributed by atoms with Crippen LogP contribution in [0.5, 0.6) is 5.88 Å². The molecular weight excluding hydrogens is 256 g/mol. The lowest BCUT2D eigenvalue weighted by Crippen LogP contribution is -2.04. The summed E-state index contributed by atoms with van der Waals surface area (Å²) in [6.45, 7) is 1.94. The van der Waals surface area contributed by atoms with Gasteiger partial charge in [0.2, 0.25) is 11.7 Å². The average molecular weight is 268 g/mol. The van der Waals surface area contributed by atoms with Crippen molar-refractivity contribution in [2.24, 2.45) is 0 Å². The topological polar surface area (TPSA) is 65.2 Å². The highest BCUT2D eigenvalue weighted by atomic mass is 16.5. The number of carbonyl (C=O) groups excluding carboxylic acids is 1. The Morgan fingerprint density at radius 3 is 2.70 bits per heavy atom. The number of aromatic nitrogens is 2. The van der Waals surface area contributed by atoms with E-state index in [1.807, 2.05) is 25.1 Å². The predicted molar refractivity (Wildman–Crippen MR) is 73.0 cm³/mol. The fourth-order valence-corrected chi connectivity index (χ4v) is 2.00. The minimum atomic E-state index is -0.296. The van der Waals surface area contributed by atoms with E-state index in [1.165, 1.54) is 7.11 Å². The third kappa shape index (κ3) is 2.03. The molecule has 3 rings (SSSR count). The van der Waals surface area contributed by atoms with Gasteiger partial charge in [-0.25, -0.2) is 0 Å². The van der Waals surface area contributed by atoms with Crippen LogP contribution in [0.15, 0.2) is 40.8 Å². The van der Waals surface area contributed by atoms with Gasteiger partial charge >= 0.3 is 0 Å². The number of ether oxygens (including phenoxy) is 1. The number of nitrogens with zero attached hydrogens (tertiary/aromatic N) is 2. The van der Waals surface area contributed by atoms with Gasteiger partial charge in [-0.2, -0.15) is 0 Å². The van der Waals surface area contributed by atoms with Crippen LogP contribution in [0.2, 0.25) is 0 Å². The van der Waals surface area contributed by atoms with Crippen molar-refractivity contribution in [1.29, 1.82) is 0 Å². The fraction of sp³-hybridized carbons (Fsp3) is 0.133. The van der Waals surface area contributed by atoms with Crippen LogP contribution in [0.25, 0.3) is 11.0 Å². The van der Waals surface area contributed by atoms with E-state index >= 15 is 0 Å². The Morgan fingerprint density at radius 2 is 2.05 bits per heavy atom. The van der Waals surface area contributed by atoms with E-state index in [1.54, 1.807) is 18.2 Å². The van der Waals surface area contributed by atoms with Gasteiger partial charge < -0.3 is 9.15 Å². The summed E-state index contributed by atoms with van der Waals surface area (Å²) in [7, 11) is 1.49. The summed E-state index contributed by atoms with van der Waals surface area (Å²) in [5.74, 6) is 0.325. The minimum Gasteiger partial charge on any atom is -0.480 e. The molecule has 5 heteroatoms. The lowest BCUT2D eigenvalue weighted by atomic mass is 10.1. The molecule has 20 heavy (non-hydrogen) atoms. The second-order valence-corrected chi connectivity index (χ2v) is 4.39. The van der Waals surface area contributed by atoms with Crippen LogP contribution < -0.4 is 4.74 Å². The van der Waals surface area contributed by atoms with Crippen LogP contribution in [0.1, 0.15) is 21.8 Å². The Labute approximate surface area is 115 Å². The van der Waals surface area contributed by atoms with E-state index in [9.17, 15) is 4.79 Å². The number of hydrogen-bond acceptors (Lipinski definition) is 5. The normalized spacial score (nSPS) is 10.7. The van der Waals surface area contributed by atoms with E-state index in [0.717, 1.165) is 16.5 Å². The van der Waals surface area contributed by atoms with Gasteiger partial charge in [0.25, 0.3) is 0 Å². The quantitative estimate of drug-likeness (QED) is 0.683. The molecule has 0 spiro atoms. The largest absolute Gasteiger partial charge is 0.480 e. The molecule has 2 aromatic heterocycles. The van der Waals surface area contributed by atoms with Gasteiger partial charge in [0.05, 0.1) is 7.11 Å². The highest BCUT2D eigenvalue weighted by Gasteiger charge is 2.17. The number of hydrogen-bond donors (Lipinski definition) is 0. The Morgan fingerprint density at radius 1 is 1.20 bits per heavy atom. The Kier molecular flexibility index (Phi) is 2.95. The molecule has 100 valence electrons. The van der Waals surface area contributed by atoms with Crippen molar-refractivity contribution in [2.45, 2.75) is 6.92 Å². The number of ketones is 1. The summed E-state index contributed by atoms with van der Waals surface area (Å²) in [5.41, 5.74) is 1.93. The smallest absolute Gasteiger partial charge is 0.248 e. The lowest BCUT2D eigenvalue weighted by Gasteiger charge is -1.98. The van der Waals surface area contributed by atoms with E-state index in [-0.39, 0.29) is 17.2 Å². The molecule has 0 saturated carbocycles. The molecule has 0 aliphatic heterocycles. The van der Waals surface area contributed by atoms with Crippen molar-refractivity contribution >= 4 is 16.8 Å². The van der Waals surface area contributed by atoms with Gasteiger partial charge in [-0.3, -0.25) is 4.79 Å². The number of benzene rings is 1. The van der Waals surface area contributed by atoms with Crippen molar-refractivity contribution in [3.8, 4) is 5.88 Å². The van der Waals surface area contributed by atoms with E-state index in [2.05, 4.69) is 10.2 Å². The second kappa shape index (κ2) is 4.77. The van der Waals surface area contributed by atoms with Crippen LogP contribution in [-0.2, 0) is 0 Å². The second-order valence-electron chi connectivity index (χ2n) is 4.39. The molecule has 1 aromatic carbocycles. The summed E-state index contributed by atoms with van der Waals surface area (Å²) in [4.78, 5) is 12.3. The van der Waals surface area contributed by atoms with Gasteiger partial charge in [0.15, 0.2) is 5.76 Å². The van der Waals surface area contributed by atoms with Gasteiger partial charge in [-0.05, 0) is 24.6 Å². The first-order chi connectivity index (χ1) is 9.69. The predicted octanol–water partition coefficient (Wildman–Crippen LogP) is 2.77. The Balaban J connectivity index is 2.01. The number of aryl methyl sites for hydroxylation is 1. The third-order valence-corrected chi connectivity index (χ3v) is 3.05. The molecule has 0 N–H and O–H groups in total. The van der Waals surface area contributed by atoms with Crippen LogP contribution in [0.3, 0.4) is 0 Å². The maximum absolute atomic E-state index is 12.3. The fourth-order valence-electron chi connectivity index (χ4n) is 2.00. The van der Waals surface area contributed by atoms with Crippen molar-refractivity contribution in [3.63, 3.8) is 0 Å². The third-order valence-electron chi connectivity index (χ3n) is 3.05. The molecular formula is C15H12N2O3. The number of rotatable bonds is 3. The number of methoxy groups -OCH3 is 1. The van der Waals surface area contributed by atoms with Crippen molar-refractivity contribution in [2.75, 3.05) is 7.11 Å². The first kappa shape index (κ1) is 12.3. The molecule has 0 amide bonds. The Bertz CT molecular complexity index is 775. The van der Waals surface area contributed by atoms with E-state index in [4.69, 9.17) is 9.15 Å². The number of fused-ring (bicyclic) bond motifs is 1. The summed E-state index contributed by atoms with van der Waals surface area (Å²) in [6.07, 6.45) is 0. The van der Waals surface area contributed by atoms with E-state index < -0.39 is 0 Å². The van der Waals surface area contributed by atoms with Crippen LogP contribution in [0, 0.1) is 6.92 Å². The molecule has 0 radical (unpaired) electrons. The molecule has 0 fully saturated rings. The van der Waals surface area contributed by atoms with Gasteiger partial charge in [0, 0.05) is 11.5 Å². The summed E-state index contributed by atoms with van der Waals surface area (Å²) >= 11 is 0. The zero-order valence-corrected chi connectivity index (χ0v) is 11.1. The highest BCUT2D eigenvalue weighted by Crippen LogP contribution is 2.24. The highest BCUT2D eigenvalue weighted by molar-refractivity contribution is 6.07. The minimum absolute atomic E-state index is 0.225. The first-order valence-electron chi connectivity index (χ1n) is 6.10. The maximum Gasteiger partial charge on any atom is 0.248 e. The molecule has 0 aliphatic rings.